The molecule has 0 fully saturated rings. The topological polar surface area (TPSA) is 85.8 Å². The highest BCUT2D eigenvalue weighted by Crippen LogP contribution is 1.99. The average Bonchev–Trinajstić information content (AvgIpc) is 2.80. The first-order chi connectivity index (χ1) is 8.19. The summed E-state index contributed by atoms with van der Waals surface area (Å²) in [5, 5.41) is 10.5. The average molecular weight is 239 g/mol. The minimum atomic E-state index is -0.423. The molecule has 0 aliphatic carbocycles. The van der Waals surface area contributed by atoms with E-state index in [1.54, 1.807) is 6.33 Å². The predicted molar refractivity (Wildman–Crippen MR) is 65.0 cm³/mol. The van der Waals surface area contributed by atoms with Crippen molar-refractivity contribution in [2.75, 3.05) is 0 Å². The number of hydrogen-bond donors (Lipinski definition) is 2. The summed E-state index contributed by atoms with van der Waals surface area (Å²) in [5.41, 5.74) is 5.76. The van der Waals surface area contributed by atoms with Crippen molar-refractivity contribution in [1.29, 1.82) is 0 Å². The quantitative estimate of drug-likeness (QED) is 0.722. The van der Waals surface area contributed by atoms with Gasteiger partial charge in [-0.3, -0.25) is 4.79 Å². The van der Waals surface area contributed by atoms with Crippen LogP contribution < -0.4 is 11.1 Å². The Kier molecular flexibility index (Phi) is 5.62. The molecule has 17 heavy (non-hydrogen) atoms. The molecule has 0 bridgehead atoms. The van der Waals surface area contributed by atoms with E-state index < -0.39 is 6.04 Å². The fourth-order valence-corrected chi connectivity index (χ4v) is 1.53. The fraction of sp³-hybridized carbons (Fsp3) is 0.727. The molecule has 1 rings (SSSR count). The first-order valence-corrected chi connectivity index (χ1v) is 6.09. The second-order valence-electron chi connectivity index (χ2n) is 4.00. The Morgan fingerprint density at radius 2 is 2.35 bits per heavy atom. The van der Waals surface area contributed by atoms with Gasteiger partial charge < -0.3 is 15.6 Å². The van der Waals surface area contributed by atoms with E-state index in [-0.39, 0.29) is 5.91 Å². The van der Waals surface area contributed by atoms with Crippen molar-refractivity contribution in [3.63, 3.8) is 0 Å². The normalized spacial score (nSPS) is 12.4. The van der Waals surface area contributed by atoms with Gasteiger partial charge in [0.15, 0.2) is 5.82 Å². The molecule has 0 aliphatic heterocycles. The minimum Gasteiger partial charge on any atom is -0.347 e. The number of aromatic nitrogens is 3. The van der Waals surface area contributed by atoms with E-state index in [2.05, 4.69) is 22.4 Å². The third-order valence-electron chi connectivity index (χ3n) is 2.66. The summed E-state index contributed by atoms with van der Waals surface area (Å²) in [5.74, 6) is 0.632. The van der Waals surface area contributed by atoms with E-state index in [4.69, 9.17) is 5.73 Å². The van der Waals surface area contributed by atoms with Gasteiger partial charge in [-0.25, -0.2) is 0 Å². The number of hydrogen-bond acceptors (Lipinski definition) is 4. The van der Waals surface area contributed by atoms with E-state index in [0.717, 1.165) is 31.6 Å². The van der Waals surface area contributed by atoms with Crippen molar-refractivity contribution in [2.45, 2.75) is 52.2 Å². The Morgan fingerprint density at radius 3 is 3.00 bits per heavy atom. The van der Waals surface area contributed by atoms with Crippen molar-refractivity contribution in [2.24, 2.45) is 5.73 Å². The zero-order valence-corrected chi connectivity index (χ0v) is 10.5. The molecule has 1 aromatic rings. The summed E-state index contributed by atoms with van der Waals surface area (Å²) in [4.78, 5) is 11.7. The highest BCUT2D eigenvalue weighted by Gasteiger charge is 2.13. The van der Waals surface area contributed by atoms with Crippen LogP contribution in [0, 0.1) is 0 Å². The van der Waals surface area contributed by atoms with Gasteiger partial charge in [0.1, 0.15) is 6.33 Å². The third-order valence-corrected chi connectivity index (χ3v) is 2.66. The van der Waals surface area contributed by atoms with Crippen LogP contribution in [0.25, 0.3) is 0 Å². The summed E-state index contributed by atoms with van der Waals surface area (Å²) >= 11 is 0. The van der Waals surface area contributed by atoms with Crippen LogP contribution in [0.15, 0.2) is 6.33 Å². The van der Waals surface area contributed by atoms with Crippen LogP contribution in [-0.2, 0) is 17.9 Å². The molecule has 1 aromatic heterocycles. The number of nitrogens with zero attached hydrogens (tertiary/aromatic N) is 3. The number of rotatable bonds is 7. The summed E-state index contributed by atoms with van der Waals surface area (Å²) in [6.07, 6.45) is 4.40. The molecule has 6 heteroatoms. The van der Waals surface area contributed by atoms with Crippen LogP contribution in [0.3, 0.4) is 0 Å². The molecular formula is C11H21N5O. The summed E-state index contributed by atoms with van der Waals surface area (Å²) in [6, 6.07) is -0.423. The molecule has 0 radical (unpaired) electrons. The van der Waals surface area contributed by atoms with Crippen molar-refractivity contribution in [3.05, 3.63) is 12.2 Å². The minimum absolute atomic E-state index is 0.121. The van der Waals surface area contributed by atoms with Gasteiger partial charge in [-0.15, -0.1) is 10.2 Å². The Balaban J connectivity index is 2.37. The van der Waals surface area contributed by atoms with Crippen molar-refractivity contribution in [3.8, 4) is 0 Å². The fourth-order valence-electron chi connectivity index (χ4n) is 1.53. The standard InChI is InChI=1S/C11H21N5O/c1-3-5-6-9(12)11(17)13-7-10-15-14-8-16(10)4-2/h8-9H,3-7,12H2,1-2H3,(H,13,17)/t9-/m0/s1. The van der Waals surface area contributed by atoms with Crippen LogP contribution >= 0.6 is 0 Å². The predicted octanol–water partition coefficient (Wildman–Crippen LogP) is 0.432. The second-order valence-corrected chi connectivity index (χ2v) is 4.00. The Bertz CT molecular complexity index is 349. The van der Waals surface area contributed by atoms with Crippen molar-refractivity contribution in [1.82, 2.24) is 20.1 Å². The lowest BCUT2D eigenvalue weighted by atomic mass is 10.1. The maximum absolute atomic E-state index is 11.7. The zero-order chi connectivity index (χ0) is 12.7. The summed E-state index contributed by atoms with van der Waals surface area (Å²) in [6.45, 7) is 5.25. The molecule has 96 valence electrons. The molecule has 6 nitrogen and oxygen atoms in total. The molecule has 0 unspecified atom stereocenters. The smallest absolute Gasteiger partial charge is 0.237 e. The maximum atomic E-state index is 11.7. The first kappa shape index (κ1) is 13.6. The molecule has 0 spiro atoms. The van der Waals surface area contributed by atoms with Crippen LogP contribution in [0.4, 0.5) is 0 Å². The van der Waals surface area contributed by atoms with E-state index in [1.165, 1.54) is 0 Å². The van der Waals surface area contributed by atoms with Gasteiger partial charge in [0.2, 0.25) is 5.91 Å². The van der Waals surface area contributed by atoms with Gasteiger partial charge in [-0.1, -0.05) is 19.8 Å². The molecule has 0 saturated carbocycles. The molecule has 0 aliphatic rings. The molecule has 1 heterocycles. The lowest BCUT2D eigenvalue weighted by Gasteiger charge is -2.11. The number of aryl methyl sites for hydroxylation is 1. The van der Waals surface area contributed by atoms with Crippen LogP contribution in [0.1, 0.15) is 38.9 Å². The SMILES string of the molecule is CCCC[C@H](N)C(=O)NCc1nncn1CC. The van der Waals surface area contributed by atoms with Gasteiger partial charge in [0.05, 0.1) is 12.6 Å². The number of carbonyl (C=O) groups is 1. The number of unbranched alkanes of at least 4 members (excludes halogenated alkanes) is 1. The summed E-state index contributed by atoms with van der Waals surface area (Å²) in [7, 11) is 0. The maximum Gasteiger partial charge on any atom is 0.237 e. The molecule has 0 saturated heterocycles. The molecule has 1 amide bonds. The number of carbonyl (C=O) groups excluding carboxylic acids is 1. The number of amides is 1. The van der Waals surface area contributed by atoms with E-state index >= 15 is 0 Å². The van der Waals surface area contributed by atoms with Gasteiger partial charge in [-0.2, -0.15) is 0 Å². The summed E-state index contributed by atoms with van der Waals surface area (Å²) < 4.78 is 1.89. The molecule has 3 N–H and O–H groups in total. The molecule has 0 aromatic carbocycles. The Hall–Kier alpha value is -1.43. The Labute approximate surface area is 102 Å². The van der Waals surface area contributed by atoms with Crippen molar-refractivity contribution < 1.29 is 4.79 Å². The van der Waals surface area contributed by atoms with Crippen LogP contribution in [0.2, 0.25) is 0 Å². The van der Waals surface area contributed by atoms with E-state index in [9.17, 15) is 4.79 Å². The highest BCUT2D eigenvalue weighted by atomic mass is 16.2. The highest BCUT2D eigenvalue weighted by molar-refractivity contribution is 5.81. The number of nitrogens with two attached hydrogens (primary N) is 1. The van der Waals surface area contributed by atoms with E-state index in [0.29, 0.717) is 6.54 Å². The van der Waals surface area contributed by atoms with E-state index in [1.807, 2.05) is 11.5 Å². The van der Waals surface area contributed by atoms with Gasteiger partial charge in [-0.05, 0) is 13.3 Å². The van der Waals surface area contributed by atoms with Crippen molar-refractivity contribution >= 4 is 5.91 Å². The molecular weight excluding hydrogens is 218 g/mol. The first-order valence-electron chi connectivity index (χ1n) is 6.09. The zero-order valence-electron chi connectivity index (χ0n) is 10.5. The Morgan fingerprint density at radius 1 is 1.59 bits per heavy atom. The van der Waals surface area contributed by atoms with Crippen LogP contribution in [0.5, 0.6) is 0 Å². The lowest BCUT2D eigenvalue weighted by molar-refractivity contribution is -0.122. The third kappa shape index (κ3) is 4.14. The van der Waals surface area contributed by atoms with Gasteiger partial charge in [0, 0.05) is 6.54 Å². The van der Waals surface area contributed by atoms with Gasteiger partial charge >= 0.3 is 0 Å². The number of nitrogens with one attached hydrogen (secondary N) is 1. The lowest BCUT2D eigenvalue weighted by Crippen LogP contribution is -2.40. The largest absolute Gasteiger partial charge is 0.347 e. The molecule has 1 atom stereocenters. The monoisotopic (exact) mass is 239 g/mol. The van der Waals surface area contributed by atoms with Crippen LogP contribution in [-0.4, -0.2) is 26.7 Å². The second kappa shape index (κ2) is 7.01. The van der Waals surface area contributed by atoms with Gasteiger partial charge in [0.25, 0.3) is 0 Å².